The smallest absolute Gasteiger partial charge is 0.232 e. The number of nitrogens with one attached hydrogen (secondary N) is 1. The molecular weight excluding hydrogens is 304 g/mol. The minimum atomic E-state index is -3.46. The van der Waals surface area contributed by atoms with Crippen molar-refractivity contribution in [2.75, 3.05) is 24.2 Å². The van der Waals surface area contributed by atoms with Crippen LogP contribution in [0.15, 0.2) is 24.3 Å². The van der Waals surface area contributed by atoms with Gasteiger partial charge < -0.3 is 10.1 Å². The summed E-state index contributed by atoms with van der Waals surface area (Å²) >= 11 is 0. The molecule has 0 saturated heterocycles. The molecule has 6 nitrogen and oxygen atoms in total. The van der Waals surface area contributed by atoms with Crippen LogP contribution in [0.3, 0.4) is 0 Å². The average molecular weight is 328 g/mol. The number of benzene rings is 1. The van der Waals surface area contributed by atoms with Crippen LogP contribution in [0.1, 0.15) is 27.2 Å². The second-order valence-corrected chi connectivity index (χ2v) is 7.99. The zero-order chi connectivity index (χ0) is 17.0. The van der Waals surface area contributed by atoms with Gasteiger partial charge in [0, 0.05) is 18.5 Å². The molecular formula is C15H24N2O4S. The Balaban J connectivity index is 2.84. The van der Waals surface area contributed by atoms with Gasteiger partial charge in [0.25, 0.3) is 0 Å². The maximum Gasteiger partial charge on any atom is 0.232 e. The summed E-state index contributed by atoms with van der Waals surface area (Å²) in [5, 5.41) is 2.82. The number of hydrogen-bond acceptors (Lipinski definition) is 4. The number of nitrogens with zero attached hydrogens (tertiary/aromatic N) is 1. The molecule has 0 aromatic heterocycles. The van der Waals surface area contributed by atoms with Crippen LogP contribution in [-0.4, -0.2) is 39.8 Å². The maximum absolute atomic E-state index is 11.9. The minimum Gasteiger partial charge on any atom is -0.497 e. The van der Waals surface area contributed by atoms with Crippen molar-refractivity contribution in [3.05, 3.63) is 24.3 Å². The number of carbonyl (C=O) groups excluding carboxylic acids is 1. The van der Waals surface area contributed by atoms with Crippen LogP contribution < -0.4 is 14.4 Å². The van der Waals surface area contributed by atoms with E-state index >= 15 is 0 Å². The third-order valence-electron chi connectivity index (χ3n) is 2.82. The fourth-order valence-electron chi connectivity index (χ4n) is 1.92. The van der Waals surface area contributed by atoms with Gasteiger partial charge in [-0.3, -0.25) is 9.10 Å². The van der Waals surface area contributed by atoms with Crippen LogP contribution in [0.25, 0.3) is 0 Å². The van der Waals surface area contributed by atoms with Crippen molar-refractivity contribution in [1.82, 2.24) is 5.32 Å². The second-order valence-electron chi connectivity index (χ2n) is 6.08. The van der Waals surface area contributed by atoms with Crippen molar-refractivity contribution < 1.29 is 17.9 Å². The minimum absolute atomic E-state index is 0.0904. The van der Waals surface area contributed by atoms with Gasteiger partial charge in [-0.15, -0.1) is 0 Å². The van der Waals surface area contributed by atoms with Crippen molar-refractivity contribution in [2.24, 2.45) is 0 Å². The van der Waals surface area contributed by atoms with Gasteiger partial charge in [-0.25, -0.2) is 8.42 Å². The summed E-state index contributed by atoms with van der Waals surface area (Å²) < 4.78 is 30.2. The van der Waals surface area contributed by atoms with Crippen LogP contribution in [-0.2, 0) is 14.8 Å². The number of amides is 1. The van der Waals surface area contributed by atoms with E-state index in [1.165, 1.54) is 4.31 Å². The molecule has 124 valence electrons. The van der Waals surface area contributed by atoms with E-state index < -0.39 is 10.0 Å². The Morgan fingerprint density at radius 3 is 2.18 bits per heavy atom. The van der Waals surface area contributed by atoms with Crippen molar-refractivity contribution in [2.45, 2.75) is 32.7 Å². The van der Waals surface area contributed by atoms with E-state index in [1.807, 2.05) is 20.8 Å². The highest BCUT2D eigenvalue weighted by molar-refractivity contribution is 7.92. The average Bonchev–Trinajstić information content (AvgIpc) is 2.36. The largest absolute Gasteiger partial charge is 0.497 e. The van der Waals surface area contributed by atoms with Gasteiger partial charge in [0.1, 0.15) is 5.75 Å². The SMILES string of the molecule is COc1ccc(N(CCC(=O)NC(C)(C)C)S(C)(=O)=O)cc1. The molecule has 1 N–H and O–H groups in total. The molecule has 0 aliphatic rings. The summed E-state index contributed by atoms with van der Waals surface area (Å²) in [5.41, 5.74) is 0.166. The lowest BCUT2D eigenvalue weighted by atomic mass is 10.1. The topological polar surface area (TPSA) is 75.7 Å². The lowest BCUT2D eigenvalue weighted by Crippen LogP contribution is -2.42. The third-order valence-corrected chi connectivity index (χ3v) is 4.01. The van der Waals surface area contributed by atoms with Gasteiger partial charge in [-0.2, -0.15) is 0 Å². The molecule has 0 aliphatic carbocycles. The number of ether oxygens (including phenoxy) is 1. The van der Waals surface area contributed by atoms with Gasteiger partial charge in [0.15, 0.2) is 0 Å². The van der Waals surface area contributed by atoms with Gasteiger partial charge in [-0.05, 0) is 45.0 Å². The molecule has 0 fully saturated rings. The summed E-state index contributed by atoms with van der Waals surface area (Å²) in [6.07, 6.45) is 1.22. The molecule has 0 unspecified atom stereocenters. The predicted octanol–water partition coefficient (Wildman–Crippen LogP) is 1.77. The highest BCUT2D eigenvalue weighted by atomic mass is 32.2. The van der Waals surface area contributed by atoms with E-state index in [0.717, 1.165) is 6.26 Å². The van der Waals surface area contributed by atoms with E-state index in [9.17, 15) is 13.2 Å². The Kier molecular flexibility index (Phi) is 5.82. The van der Waals surface area contributed by atoms with E-state index in [-0.39, 0.29) is 24.4 Å². The molecule has 1 amide bonds. The summed E-state index contributed by atoms with van der Waals surface area (Å²) in [4.78, 5) is 11.9. The molecule has 0 heterocycles. The molecule has 0 bridgehead atoms. The highest BCUT2D eigenvalue weighted by Crippen LogP contribution is 2.21. The monoisotopic (exact) mass is 328 g/mol. The van der Waals surface area contributed by atoms with Crippen molar-refractivity contribution >= 4 is 21.6 Å². The maximum atomic E-state index is 11.9. The number of methoxy groups -OCH3 is 1. The molecule has 0 atom stereocenters. The van der Waals surface area contributed by atoms with Crippen LogP contribution in [0.2, 0.25) is 0 Å². The third kappa shape index (κ3) is 5.93. The molecule has 1 aromatic carbocycles. The summed E-state index contributed by atoms with van der Waals surface area (Å²) in [6.45, 7) is 5.72. The quantitative estimate of drug-likeness (QED) is 0.863. The number of hydrogen-bond donors (Lipinski definition) is 1. The molecule has 0 saturated carbocycles. The Morgan fingerprint density at radius 1 is 1.23 bits per heavy atom. The number of rotatable bonds is 6. The summed E-state index contributed by atoms with van der Waals surface area (Å²) in [7, 11) is -1.92. The van der Waals surface area contributed by atoms with Crippen LogP contribution in [0.4, 0.5) is 5.69 Å². The summed E-state index contributed by atoms with van der Waals surface area (Å²) in [6, 6.07) is 6.68. The van der Waals surface area contributed by atoms with E-state index in [4.69, 9.17) is 4.74 Å². The summed E-state index contributed by atoms with van der Waals surface area (Å²) in [5.74, 6) is 0.456. The van der Waals surface area contributed by atoms with Crippen LogP contribution in [0.5, 0.6) is 5.75 Å². The van der Waals surface area contributed by atoms with Crippen molar-refractivity contribution in [1.29, 1.82) is 0 Å². The van der Waals surface area contributed by atoms with Gasteiger partial charge in [0.05, 0.1) is 19.1 Å². The Labute approximate surface area is 132 Å². The first-order chi connectivity index (χ1) is 10.0. The molecule has 1 aromatic rings. The first kappa shape index (κ1) is 18.3. The fraction of sp³-hybridized carbons (Fsp3) is 0.533. The first-order valence-corrected chi connectivity index (χ1v) is 8.80. The number of carbonyl (C=O) groups is 1. The fourth-order valence-corrected chi connectivity index (χ4v) is 2.85. The Hall–Kier alpha value is -1.76. The molecule has 0 radical (unpaired) electrons. The van der Waals surface area contributed by atoms with E-state index in [0.29, 0.717) is 11.4 Å². The molecule has 7 heteroatoms. The van der Waals surface area contributed by atoms with Crippen LogP contribution in [0, 0.1) is 0 Å². The molecule has 22 heavy (non-hydrogen) atoms. The second kappa shape index (κ2) is 7.00. The zero-order valence-electron chi connectivity index (χ0n) is 13.7. The van der Waals surface area contributed by atoms with Gasteiger partial charge >= 0.3 is 0 Å². The molecule has 0 aliphatic heterocycles. The normalized spacial score (nSPS) is 11.9. The lowest BCUT2D eigenvalue weighted by molar-refractivity contribution is -0.122. The first-order valence-electron chi connectivity index (χ1n) is 6.96. The standard InChI is InChI=1S/C15H24N2O4S/c1-15(2,3)16-14(18)10-11-17(22(5,19)20)12-6-8-13(21-4)9-7-12/h6-9H,10-11H2,1-5H3,(H,16,18). The predicted molar refractivity (Wildman–Crippen MR) is 87.7 cm³/mol. The van der Waals surface area contributed by atoms with Crippen LogP contribution >= 0.6 is 0 Å². The Bertz CT molecular complexity index is 603. The van der Waals surface area contributed by atoms with Gasteiger partial charge in [-0.1, -0.05) is 0 Å². The lowest BCUT2D eigenvalue weighted by Gasteiger charge is -2.24. The van der Waals surface area contributed by atoms with Gasteiger partial charge in [0.2, 0.25) is 15.9 Å². The highest BCUT2D eigenvalue weighted by Gasteiger charge is 2.20. The number of sulfonamides is 1. The van der Waals surface area contributed by atoms with Crippen molar-refractivity contribution in [3.8, 4) is 5.75 Å². The Morgan fingerprint density at radius 2 is 1.77 bits per heavy atom. The van der Waals surface area contributed by atoms with E-state index in [2.05, 4.69) is 5.32 Å². The molecule has 0 spiro atoms. The van der Waals surface area contributed by atoms with E-state index in [1.54, 1.807) is 31.4 Å². The molecule has 1 rings (SSSR count). The number of anilines is 1. The zero-order valence-corrected chi connectivity index (χ0v) is 14.5. The van der Waals surface area contributed by atoms with Crippen molar-refractivity contribution in [3.63, 3.8) is 0 Å².